The van der Waals surface area contributed by atoms with Gasteiger partial charge in [0.05, 0.1) is 10.1 Å². The Hall–Kier alpha value is -1.83. The summed E-state index contributed by atoms with van der Waals surface area (Å²) < 4.78 is 27.3. The Morgan fingerprint density at radius 1 is 0.964 bits per heavy atom. The van der Waals surface area contributed by atoms with Crippen molar-refractivity contribution in [1.29, 1.82) is 0 Å². The van der Waals surface area contributed by atoms with E-state index in [1.54, 1.807) is 17.0 Å². The first-order chi connectivity index (χ1) is 13.3. The van der Waals surface area contributed by atoms with Crippen molar-refractivity contribution in [3.8, 4) is 0 Å². The average Bonchev–Trinajstić information content (AvgIpc) is 2.70. The molecule has 1 atom stereocenters. The molecule has 0 radical (unpaired) electrons. The number of nitrogens with zero attached hydrogens (tertiary/aromatic N) is 2. The number of hydrogen-bond acceptors (Lipinski definition) is 4. The number of carbonyl (C=O) groups excluding carboxylic acids is 1. The second kappa shape index (κ2) is 8.68. The van der Waals surface area contributed by atoms with Crippen LogP contribution < -0.4 is 0 Å². The molecule has 1 amide bonds. The van der Waals surface area contributed by atoms with E-state index in [0.29, 0.717) is 31.1 Å². The number of aryl methyl sites for hydroxylation is 2. The highest BCUT2D eigenvalue weighted by Crippen LogP contribution is 2.25. The molecule has 1 aliphatic heterocycles. The maximum absolute atomic E-state index is 12.9. The molecular weight excluding hydrogens is 392 g/mol. The molecule has 1 heterocycles. The topological polar surface area (TPSA) is 57.7 Å². The molecule has 0 unspecified atom stereocenters. The van der Waals surface area contributed by atoms with Crippen LogP contribution in [0.5, 0.6) is 0 Å². The third kappa shape index (κ3) is 4.59. The number of amides is 1. The predicted molar refractivity (Wildman–Crippen MR) is 113 cm³/mol. The van der Waals surface area contributed by atoms with Gasteiger partial charge in [-0.15, -0.1) is 11.8 Å². The van der Waals surface area contributed by atoms with Crippen LogP contribution in [-0.2, 0) is 14.8 Å². The van der Waals surface area contributed by atoms with Gasteiger partial charge in [0, 0.05) is 31.1 Å². The van der Waals surface area contributed by atoms with Crippen LogP contribution in [0, 0.1) is 13.8 Å². The van der Waals surface area contributed by atoms with E-state index >= 15 is 0 Å². The highest BCUT2D eigenvalue weighted by Gasteiger charge is 2.31. The smallest absolute Gasteiger partial charge is 0.243 e. The van der Waals surface area contributed by atoms with Gasteiger partial charge in [-0.05, 0) is 56.2 Å². The van der Waals surface area contributed by atoms with Gasteiger partial charge in [0.25, 0.3) is 0 Å². The fraction of sp³-hybridized carbons (Fsp3) is 0.381. The molecule has 28 heavy (non-hydrogen) atoms. The van der Waals surface area contributed by atoms with Gasteiger partial charge in [-0.25, -0.2) is 8.42 Å². The Bertz CT molecular complexity index is 937. The van der Waals surface area contributed by atoms with Gasteiger partial charge >= 0.3 is 0 Å². The number of rotatable bonds is 5. The molecule has 1 fully saturated rings. The first kappa shape index (κ1) is 20.9. The van der Waals surface area contributed by atoms with Gasteiger partial charge < -0.3 is 4.90 Å². The predicted octanol–water partition coefficient (Wildman–Crippen LogP) is 3.32. The lowest BCUT2D eigenvalue weighted by Crippen LogP contribution is -2.52. The van der Waals surface area contributed by atoms with E-state index in [9.17, 15) is 13.2 Å². The monoisotopic (exact) mass is 418 g/mol. The summed E-state index contributed by atoms with van der Waals surface area (Å²) in [5.74, 6) is 0.0529. The van der Waals surface area contributed by atoms with E-state index < -0.39 is 10.0 Å². The Morgan fingerprint density at radius 3 is 2.21 bits per heavy atom. The lowest BCUT2D eigenvalue weighted by atomic mass is 10.1. The van der Waals surface area contributed by atoms with Crippen molar-refractivity contribution in [2.45, 2.75) is 35.8 Å². The van der Waals surface area contributed by atoms with E-state index in [0.717, 1.165) is 16.0 Å². The highest BCUT2D eigenvalue weighted by molar-refractivity contribution is 8.00. The number of hydrogen-bond donors (Lipinski definition) is 0. The van der Waals surface area contributed by atoms with Gasteiger partial charge in [0.2, 0.25) is 15.9 Å². The molecule has 5 nitrogen and oxygen atoms in total. The first-order valence-corrected chi connectivity index (χ1v) is 11.7. The fourth-order valence-electron chi connectivity index (χ4n) is 3.18. The summed E-state index contributed by atoms with van der Waals surface area (Å²) in [4.78, 5) is 15.9. The summed E-state index contributed by atoms with van der Waals surface area (Å²) >= 11 is 1.53. The molecule has 7 heteroatoms. The quantitative estimate of drug-likeness (QED) is 0.699. The Morgan fingerprint density at radius 2 is 1.61 bits per heavy atom. The van der Waals surface area contributed by atoms with Crippen LogP contribution in [-0.4, -0.2) is 55.0 Å². The molecule has 0 bridgehead atoms. The van der Waals surface area contributed by atoms with Crippen molar-refractivity contribution in [3.63, 3.8) is 0 Å². The maximum atomic E-state index is 12.9. The number of carbonyl (C=O) groups is 1. The van der Waals surface area contributed by atoms with E-state index in [4.69, 9.17) is 0 Å². The van der Waals surface area contributed by atoms with Crippen LogP contribution in [0.1, 0.15) is 18.1 Å². The van der Waals surface area contributed by atoms with E-state index in [1.807, 2.05) is 57.2 Å². The molecule has 1 saturated heterocycles. The molecule has 150 valence electrons. The Balaban J connectivity index is 1.61. The highest BCUT2D eigenvalue weighted by atomic mass is 32.2. The molecule has 0 aromatic heterocycles. The van der Waals surface area contributed by atoms with Crippen molar-refractivity contribution < 1.29 is 13.2 Å². The molecule has 0 spiro atoms. The average molecular weight is 419 g/mol. The molecule has 2 aromatic carbocycles. The van der Waals surface area contributed by atoms with Crippen LogP contribution in [0.4, 0.5) is 0 Å². The van der Waals surface area contributed by atoms with Crippen molar-refractivity contribution in [2.75, 3.05) is 26.2 Å². The summed E-state index contributed by atoms with van der Waals surface area (Å²) in [7, 11) is -3.53. The zero-order valence-electron chi connectivity index (χ0n) is 16.5. The summed E-state index contributed by atoms with van der Waals surface area (Å²) in [6, 6.07) is 15.1. The van der Waals surface area contributed by atoms with Crippen molar-refractivity contribution in [1.82, 2.24) is 9.21 Å². The fourth-order valence-corrected chi connectivity index (χ4v) is 5.66. The number of thioether (sulfide) groups is 1. The molecule has 0 N–H and O–H groups in total. The SMILES string of the molecule is Cc1ccc(S(=O)(=O)N2CCN(C(=O)[C@H](C)Sc3ccccc3)CC2)cc1C. The van der Waals surface area contributed by atoms with E-state index in [-0.39, 0.29) is 11.2 Å². The lowest BCUT2D eigenvalue weighted by molar-refractivity contribution is -0.131. The molecular formula is C21H26N2O3S2. The summed E-state index contributed by atoms with van der Waals surface area (Å²) in [6.45, 7) is 7.26. The number of benzene rings is 2. The zero-order valence-corrected chi connectivity index (χ0v) is 18.1. The summed E-state index contributed by atoms with van der Waals surface area (Å²) in [5, 5.41) is -0.203. The Labute approximate surface area is 171 Å². The Kier molecular flexibility index (Phi) is 6.47. The second-order valence-electron chi connectivity index (χ2n) is 7.05. The minimum Gasteiger partial charge on any atom is -0.339 e. The van der Waals surface area contributed by atoms with Gasteiger partial charge in [-0.1, -0.05) is 24.3 Å². The van der Waals surface area contributed by atoms with Gasteiger partial charge in [0.15, 0.2) is 0 Å². The standard InChI is InChI=1S/C21H26N2O3S2/c1-16-9-10-20(15-17(16)2)28(25,26)23-13-11-22(12-14-23)21(24)18(3)27-19-7-5-4-6-8-19/h4-10,15,18H,11-14H2,1-3H3/t18-/m0/s1. The summed E-state index contributed by atoms with van der Waals surface area (Å²) in [6.07, 6.45) is 0. The molecule has 2 aromatic rings. The molecule has 0 saturated carbocycles. The minimum atomic E-state index is -3.53. The van der Waals surface area contributed by atoms with Crippen molar-refractivity contribution in [3.05, 3.63) is 59.7 Å². The largest absolute Gasteiger partial charge is 0.339 e. The first-order valence-electron chi connectivity index (χ1n) is 9.37. The molecule has 3 rings (SSSR count). The van der Waals surface area contributed by atoms with E-state index in [2.05, 4.69) is 0 Å². The number of sulfonamides is 1. The van der Waals surface area contributed by atoms with Gasteiger partial charge in [-0.3, -0.25) is 4.79 Å². The maximum Gasteiger partial charge on any atom is 0.243 e. The minimum absolute atomic E-state index is 0.0529. The van der Waals surface area contributed by atoms with Gasteiger partial charge in [-0.2, -0.15) is 4.31 Å². The van der Waals surface area contributed by atoms with Crippen LogP contribution in [0.2, 0.25) is 0 Å². The third-order valence-electron chi connectivity index (χ3n) is 5.07. The van der Waals surface area contributed by atoms with Crippen LogP contribution in [0.3, 0.4) is 0 Å². The lowest BCUT2D eigenvalue weighted by Gasteiger charge is -2.35. The third-order valence-corrected chi connectivity index (χ3v) is 8.06. The van der Waals surface area contributed by atoms with Crippen LogP contribution in [0.15, 0.2) is 58.3 Å². The number of piperazine rings is 1. The normalized spacial score (nSPS) is 16.8. The van der Waals surface area contributed by atoms with Crippen LogP contribution in [0.25, 0.3) is 0 Å². The van der Waals surface area contributed by atoms with E-state index in [1.165, 1.54) is 16.1 Å². The zero-order chi connectivity index (χ0) is 20.3. The van der Waals surface area contributed by atoms with Crippen molar-refractivity contribution >= 4 is 27.7 Å². The second-order valence-corrected chi connectivity index (χ2v) is 10.4. The molecule has 0 aliphatic carbocycles. The van der Waals surface area contributed by atoms with Gasteiger partial charge in [0.1, 0.15) is 0 Å². The van der Waals surface area contributed by atoms with Crippen LogP contribution >= 0.6 is 11.8 Å². The summed E-state index contributed by atoms with van der Waals surface area (Å²) in [5.41, 5.74) is 2.03. The van der Waals surface area contributed by atoms with Crippen molar-refractivity contribution in [2.24, 2.45) is 0 Å². The molecule has 1 aliphatic rings.